The minimum Gasteiger partial charge on any atom is -0.480 e. The number of H-pyrrole nitrogens is 1. The standard InChI is InChI=1S/C15H19N5O3/c1-2-13-16-4-6-19(13)5-3-14(21)20-8-11-10(17-9-18-11)7-12(20)15(22)23/h4,6,9,12H,2-3,5,7-8H2,1H3,(H,17,18)(H,22,23). The van der Waals surface area contributed by atoms with Crippen molar-refractivity contribution < 1.29 is 14.7 Å². The zero-order valence-electron chi connectivity index (χ0n) is 12.9. The Morgan fingerprint density at radius 2 is 2.26 bits per heavy atom. The number of nitrogens with zero attached hydrogens (tertiary/aromatic N) is 4. The van der Waals surface area contributed by atoms with Gasteiger partial charge in [-0.1, -0.05) is 6.92 Å². The lowest BCUT2D eigenvalue weighted by Crippen LogP contribution is -2.48. The first-order valence-electron chi connectivity index (χ1n) is 7.63. The van der Waals surface area contributed by atoms with Crippen LogP contribution in [0.1, 0.15) is 30.6 Å². The van der Waals surface area contributed by atoms with Crippen molar-refractivity contribution in [2.24, 2.45) is 0 Å². The van der Waals surface area contributed by atoms with Crippen molar-refractivity contribution in [1.29, 1.82) is 0 Å². The van der Waals surface area contributed by atoms with Crippen molar-refractivity contribution in [3.63, 3.8) is 0 Å². The molecule has 0 fully saturated rings. The molecular formula is C15H19N5O3. The van der Waals surface area contributed by atoms with Crippen LogP contribution in [0.15, 0.2) is 18.7 Å². The van der Waals surface area contributed by atoms with Gasteiger partial charge in [0, 0.05) is 38.2 Å². The number of amides is 1. The molecule has 1 amide bonds. The molecule has 0 aliphatic carbocycles. The molecule has 2 aromatic heterocycles. The van der Waals surface area contributed by atoms with Gasteiger partial charge >= 0.3 is 5.97 Å². The molecule has 0 radical (unpaired) electrons. The molecule has 1 aliphatic rings. The van der Waals surface area contributed by atoms with Crippen molar-refractivity contribution in [2.75, 3.05) is 0 Å². The van der Waals surface area contributed by atoms with Gasteiger partial charge in [0.1, 0.15) is 11.9 Å². The van der Waals surface area contributed by atoms with Crippen LogP contribution in [-0.4, -0.2) is 47.4 Å². The largest absolute Gasteiger partial charge is 0.480 e. The molecule has 1 unspecified atom stereocenters. The maximum Gasteiger partial charge on any atom is 0.326 e. The van der Waals surface area contributed by atoms with Gasteiger partial charge in [-0.05, 0) is 0 Å². The van der Waals surface area contributed by atoms with E-state index in [4.69, 9.17) is 0 Å². The predicted octanol–water partition coefficient (Wildman–Crippen LogP) is 0.597. The fourth-order valence-electron chi connectivity index (χ4n) is 2.94. The lowest BCUT2D eigenvalue weighted by molar-refractivity contribution is -0.151. The first kappa shape index (κ1) is 15.3. The van der Waals surface area contributed by atoms with E-state index in [1.165, 1.54) is 11.2 Å². The summed E-state index contributed by atoms with van der Waals surface area (Å²) in [6.07, 6.45) is 6.36. The van der Waals surface area contributed by atoms with E-state index in [2.05, 4.69) is 15.0 Å². The molecule has 2 N–H and O–H groups in total. The maximum atomic E-state index is 12.5. The SMILES string of the molecule is CCc1nccn1CCC(=O)N1Cc2[nH]cnc2CC1C(=O)O. The Kier molecular flexibility index (Phi) is 4.14. The molecule has 0 saturated carbocycles. The lowest BCUT2D eigenvalue weighted by Gasteiger charge is -2.32. The van der Waals surface area contributed by atoms with Gasteiger partial charge in [0.2, 0.25) is 5.91 Å². The predicted molar refractivity (Wildman–Crippen MR) is 80.5 cm³/mol. The van der Waals surface area contributed by atoms with Crippen LogP contribution in [0, 0.1) is 0 Å². The molecule has 23 heavy (non-hydrogen) atoms. The number of aromatic amines is 1. The highest BCUT2D eigenvalue weighted by Gasteiger charge is 2.35. The van der Waals surface area contributed by atoms with Crippen LogP contribution in [-0.2, 0) is 35.5 Å². The number of aryl methyl sites for hydroxylation is 2. The van der Waals surface area contributed by atoms with E-state index in [1.807, 2.05) is 17.7 Å². The Morgan fingerprint density at radius 1 is 1.43 bits per heavy atom. The van der Waals surface area contributed by atoms with Crippen molar-refractivity contribution in [1.82, 2.24) is 24.4 Å². The summed E-state index contributed by atoms with van der Waals surface area (Å²) < 4.78 is 1.93. The Bertz CT molecular complexity index is 720. The van der Waals surface area contributed by atoms with E-state index in [1.54, 1.807) is 6.20 Å². The molecule has 0 saturated heterocycles. The first-order valence-corrected chi connectivity index (χ1v) is 7.63. The highest BCUT2D eigenvalue weighted by Crippen LogP contribution is 2.21. The zero-order chi connectivity index (χ0) is 16.4. The topological polar surface area (TPSA) is 104 Å². The number of aliphatic carboxylic acids is 1. The van der Waals surface area contributed by atoms with Crippen LogP contribution in [0.3, 0.4) is 0 Å². The highest BCUT2D eigenvalue weighted by molar-refractivity contribution is 5.84. The fourth-order valence-corrected chi connectivity index (χ4v) is 2.94. The number of fused-ring (bicyclic) bond motifs is 1. The third-order valence-corrected chi connectivity index (χ3v) is 4.19. The number of rotatable bonds is 5. The average Bonchev–Trinajstić information content (AvgIpc) is 3.19. The molecular weight excluding hydrogens is 298 g/mol. The Hall–Kier alpha value is -2.64. The third kappa shape index (κ3) is 2.96. The summed E-state index contributed by atoms with van der Waals surface area (Å²) in [7, 11) is 0. The van der Waals surface area contributed by atoms with E-state index in [0.29, 0.717) is 6.54 Å². The summed E-state index contributed by atoms with van der Waals surface area (Å²) in [4.78, 5) is 36.8. The van der Waals surface area contributed by atoms with Gasteiger partial charge in [0.05, 0.1) is 24.3 Å². The Labute approximate surface area is 133 Å². The normalized spacial score (nSPS) is 17.1. The second-order valence-corrected chi connectivity index (χ2v) is 5.55. The molecule has 1 atom stereocenters. The minimum atomic E-state index is -0.996. The molecule has 8 heteroatoms. The van der Waals surface area contributed by atoms with Crippen LogP contribution >= 0.6 is 0 Å². The van der Waals surface area contributed by atoms with Crippen LogP contribution < -0.4 is 0 Å². The van der Waals surface area contributed by atoms with Gasteiger partial charge in [0.15, 0.2) is 0 Å². The molecule has 122 valence electrons. The summed E-state index contributed by atoms with van der Waals surface area (Å²) in [5, 5.41) is 9.41. The van der Waals surface area contributed by atoms with Gasteiger partial charge in [0.25, 0.3) is 0 Å². The van der Waals surface area contributed by atoms with Crippen LogP contribution in [0.25, 0.3) is 0 Å². The van der Waals surface area contributed by atoms with E-state index in [0.717, 1.165) is 23.6 Å². The van der Waals surface area contributed by atoms with Crippen molar-refractivity contribution in [2.45, 2.75) is 45.3 Å². The minimum absolute atomic E-state index is 0.173. The first-order chi connectivity index (χ1) is 11.1. The average molecular weight is 317 g/mol. The summed E-state index contributed by atoms with van der Waals surface area (Å²) in [6, 6.07) is -0.855. The Balaban J connectivity index is 1.71. The molecule has 3 heterocycles. The smallest absolute Gasteiger partial charge is 0.326 e. The van der Waals surface area contributed by atoms with Gasteiger partial charge < -0.3 is 19.6 Å². The summed E-state index contributed by atoms with van der Waals surface area (Å²) in [5.74, 6) is -0.251. The summed E-state index contributed by atoms with van der Waals surface area (Å²) in [6.45, 7) is 2.77. The van der Waals surface area contributed by atoms with Crippen molar-refractivity contribution in [3.05, 3.63) is 35.9 Å². The molecule has 0 aromatic carbocycles. The van der Waals surface area contributed by atoms with Crippen LogP contribution in [0.2, 0.25) is 0 Å². The summed E-state index contributed by atoms with van der Waals surface area (Å²) >= 11 is 0. The van der Waals surface area contributed by atoms with Gasteiger partial charge in [-0.3, -0.25) is 4.79 Å². The van der Waals surface area contributed by atoms with Gasteiger partial charge in [-0.15, -0.1) is 0 Å². The number of hydrogen-bond donors (Lipinski definition) is 2. The number of carboxylic acid groups (broad SMARTS) is 1. The van der Waals surface area contributed by atoms with E-state index < -0.39 is 12.0 Å². The molecule has 0 spiro atoms. The lowest BCUT2D eigenvalue weighted by atomic mass is 10.0. The number of aromatic nitrogens is 4. The quantitative estimate of drug-likeness (QED) is 0.840. The number of nitrogens with one attached hydrogen (secondary N) is 1. The molecule has 8 nitrogen and oxygen atoms in total. The van der Waals surface area contributed by atoms with E-state index in [9.17, 15) is 14.7 Å². The summed E-state index contributed by atoms with van der Waals surface area (Å²) in [5.41, 5.74) is 1.54. The molecule has 1 aliphatic heterocycles. The zero-order valence-corrected chi connectivity index (χ0v) is 12.9. The van der Waals surface area contributed by atoms with Gasteiger partial charge in [-0.25, -0.2) is 14.8 Å². The molecule has 0 bridgehead atoms. The highest BCUT2D eigenvalue weighted by atomic mass is 16.4. The second kappa shape index (κ2) is 6.23. The number of carbonyl (C=O) groups is 2. The molecule has 2 aromatic rings. The fraction of sp³-hybridized carbons (Fsp3) is 0.467. The second-order valence-electron chi connectivity index (χ2n) is 5.55. The number of carbonyl (C=O) groups excluding carboxylic acids is 1. The monoisotopic (exact) mass is 317 g/mol. The third-order valence-electron chi connectivity index (χ3n) is 4.19. The van der Waals surface area contributed by atoms with Crippen LogP contribution in [0.5, 0.6) is 0 Å². The van der Waals surface area contributed by atoms with E-state index >= 15 is 0 Å². The number of hydrogen-bond acceptors (Lipinski definition) is 4. The van der Waals surface area contributed by atoms with E-state index in [-0.39, 0.29) is 25.3 Å². The van der Waals surface area contributed by atoms with Crippen molar-refractivity contribution >= 4 is 11.9 Å². The molecule has 3 rings (SSSR count). The Morgan fingerprint density at radius 3 is 3.00 bits per heavy atom. The number of imidazole rings is 2. The van der Waals surface area contributed by atoms with Gasteiger partial charge in [-0.2, -0.15) is 0 Å². The maximum absolute atomic E-state index is 12.5. The van der Waals surface area contributed by atoms with Crippen molar-refractivity contribution in [3.8, 4) is 0 Å². The van der Waals surface area contributed by atoms with Crippen LogP contribution in [0.4, 0.5) is 0 Å². The number of carboxylic acids is 1.